The van der Waals surface area contributed by atoms with Crippen LogP contribution in [-0.2, 0) is 11.2 Å². The number of rotatable bonds is 4. The highest BCUT2D eigenvalue weighted by molar-refractivity contribution is 5.79. The molecule has 1 fully saturated rings. The van der Waals surface area contributed by atoms with Gasteiger partial charge in [0.2, 0.25) is 5.91 Å². The molecule has 2 atom stereocenters. The first-order valence-corrected chi connectivity index (χ1v) is 6.72. The third-order valence-corrected chi connectivity index (χ3v) is 4.12. The van der Waals surface area contributed by atoms with Gasteiger partial charge in [0, 0.05) is 17.0 Å². The van der Waals surface area contributed by atoms with Gasteiger partial charge in [-0.2, -0.15) is 0 Å². The van der Waals surface area contributed by atoms with E-state index in [-0.39, 0.29) is 36.1 Å². The molecule has 1 aliphatic carbocycles. The SMILES string of the molecule is CC1(CO)CCCC1NC(=O)Cc1ccccc1O. The highest BCUT2D eigenvalue weighted by Crippen LogP contribution is 2.37. The van der Waals surface area contributed by atoms with Crippen molar-refractivity contribution in [2.45, 2.75) is 38.6 Å². The summed E-state index contributed by atoms with van der Waals surface area (Å²) in [5, 5.41) is 22.1. The molecule has 1 aromatic carbocycles. The molecule has 1 aliphatic rings. The molecule has 0 bridgehead atoms. The average molecular weight is 263 g/mol. The first kappa shape index (κ1) is 13.9. The van der Waals surface area contributed by atoms with Crippen LogP contribution in [0.2, 0.25) is 0 Å². The van der Waals surface area contributed by atoms with Crippen LogP contribution in [0.5, 0.6) is 5.75 Å². The summed E-state index contributed by atoms with van der Waals surface area (Å²) in [4.78, 5) is 12.0. The number of aliphatic hydroxyl groups excluding tert-OH is 1. The van der Waals surface area contributed by atoms with Gasteiger partial charge < -0.3 is 15.5 Å². The Balaban J connectivity index is 1.97. The normalized spacial score (nSPS) is 26.3. The van der Waals surface area contributed by atoms with Crippen LogP contribution in [0.15, 0.2) is 24.3 Å². The topological polar surface area (TPSA) is 69.6 Å². The fourth-order valence-corrected chi connectivity index (χ4v) is 2.75. The molecule has 0 heterocycles. The molecule has 104 valence electrons. The van der Waals surface area contributed by atoms with Crippen molar-refractivity contribution >= 4 is 5.91 Å². The van der Waals surface area contributed by atoms with E-state index in [0.717, 1.165) is 19.3 Å². The van der Waals surface area contributed by atoms with Crippen LogP contribution in [0.1, 0.15) is 31.7 Å². The standard InChI is InChI=1S/C15H21NO3/c1-15(10-17)8-4-7-13(15)16-14(19)9-11-5-2-3-6-12(11)18/h2-3,5-6,13,17-18H,4,7-10H2,1H3,(H,16,19). The number of amides is 1. The number of para-hydroxylation sites is 1. The molecular weight excluding hydrogens is 242 g/mol. The molecule has 2 rings (SSSR count). The predicted octanol–water partition coefficient (Wildman–Crippen LogP) is 1.60. The van der Waals surface area contributed by atoms with Crippen LogP contribution in [0.25, 0.3) is 0 Å². The predicted molar refractivity (Wildman–Crippen MR) is 72.8 cm³/mol. The van der Waals surface area contributed by atoms with Gasteiger partial charge in [-0.15, -0.1) is 0 Å². The molecule has 1 amide bonds. The average Bonchev–Trinajstić information content (AvgIpc) is 2.75. The van der Waals surface area contributed by atoms with Crippen LogP contribution in [0.4, 0.5) is 0 Å². The zero-order valence-corrected chi connectivity index (χ0v) is 11.2. The van der Waals surface area contributed by atoms with Gasteiger partial charge in [0.05, 0.1) is 13.0 Å². The second kappa shape index (κ2) is 5.61. The summed E-state index contributed by atoms with van der Waals surface area (Å²) in [6, 6.07) is 6.88. The first-order chi connectivity index (χ1) is 9.05. The summed E-state index contributed by atoms with van der Waals surface area (Å²) >= 11 is 0. The molecule has 0 aromatic heterocycles. The van der Waals surface area contributed by atoms with Crippen LogP contribution in [-0.4, -0.2) is 28.8 Å². The lowest BCUT2D eigenvalue weighted by atomic mass is 9.85. The lowest BCUT2D eigenvalue weighted by molar-refractivity contribution is -0.122. The lowest BCUT2D eigenvalue weighted by Crippen LogP contribution is -2.45. The minimum Gasteiger partial charge on any atom is -0.508 e. The summed E-state index contributed by atoms with van der Waals surface area (Å²) in [5.41, 5.74) is 0.415. The summed E-state index contributed by atoms with van der Waals surface area (Å²) in [5.74, 6) is 0.0436. The number of aromatic hydroxyl groups is 1. The molecule has 1 aromatic rings. The van der Waals surface area contributed by atoms with Gasteiger partial charge >= 0.3 is 0 Å². The Bertz CT molecular complexity index is 460. The van der Waals surface area contributed by atoms with Crippen molar-refractivity contribution in [1.29, 1.82) is 0 Å². The van der Waals surface area contributed by atoms with E-state index in [1.54, 1.807) is 24.3 Å². The second-order valence-corrected chi connectivity index (χ2v) is 5.63. The van der Waals surface area contributed by atoms with Crippen LogP contribution in [0, 0.1) is 5.41 Å². The Kier molecular flexibility index (Phi) is 4.10. The number of aliphatic hydroxyl groups is 1. The molecule has 0 spiro atoms. The molecule has 1 saturated carbocycles. The van der Waals surface area contributed by atoms with Gasteiger partial charge in [-0.25, -0.2) is 0 Å². The van der Waals surface area contributed by atoms with E-state index >= 15 is 0 Å². The van der Waals surface area contributed by atoms with Crippen LogP contribution in [0.3, 0.4) is 0 Å². The van der Waals surface area contributed by atoms with Crippen molar-refractivity contribution in [3.05, 3.63) is 29.8 Å². The number of phenolic OH excluding ortho intramolecular Hbond substituents is 1. The Labute approximate surface area is 113 Å². The van der Waals surface area contributed by atoms with Crippen LogP contribution >= 0.6 is 0 Å². The number of nitrogens with one attached hydrogen (secondary N) is 1. The molecule has 4 heteroatoms. The molecule has 0 aliphatic heterocycles. The second-order valence-electron chi connectivity index (χ2n) is 5.63. The largest absolute Gasteiger partial charge is 0.508 e. The van der Waals surface area contributed by atoms with Crippen molar-refractivity contribution in [3.63, 3.8) is 0 Å². The quantitative estimate of drug-likeness (QED) is 0.773. The molecular formula is C15H21NO3. The van der Waals surface area contributed by atoms with Crippen molar-refractivity contribution in [2.24, 2.45) is 5.41 Å². The van der Waals surface area contributed by atoms with E-state index in [1.165, 1.54) is 0 Å². The Hall–Kier alpha value is -1.55. The molecule has 4 nitrogen and oxygen atoms in total. The van der Waals surface area contributed by atoms with Crippen molar-refractivity contribution in [3.8, 4) is 5.75 Å². The zero-order valence-electron chi connectivity index (χ0n) is 11.2. The maximum Gasteiger partial charge on any atom is 0.224 e. The lowest BCUT2D eigenvalue weighted by Gasteiger charge is -2.30. The minimum absolute atomic E-state index is 0.0239. The van der Waals surface area contributed by atoms with E-state index in [4.69, 9.17) is 0 Å². The first-order valence-electron chi connectivity index (χ1n) is 6.72. The minimum atomic E-state index is -0.214. The number of hydrogen-bond donors (Lipinski definition) is 3. The number of hydrogen-bond acceptors (Lipinski definition) is 3. The fourth-order valence-electron chi connectivity index (χ4n) is 2.75. The van der Waals surface area contributed by atoms with E-state index < -0.39 is 0 Å². The summed E-state index contributed by atoms with van der Waals surface area (Å²) in [6.45, 7) is 2.10. The van der Waals surface area contributed by atoms with E-state index in [1.807, 2.05) is 6.92 Å². The number of phenols is 1. The van der Waals surface area contributed by atoms with Gasteiger partial charge in [-0.05, 0) is 18.9 Å². The Morgan fingerprint density at radius 1 is 1.47 bits per heavy atom. The van der Waals surface area contributed by atoms with E-state index in [2.05, 4.69) is 5.32 Å². The summed E-state index contributed by atoms with van der Waals surface area (Å²) in [6.07, 6.45) is 3.04. The molecule has 0 saturated heterocycles. The van der Waals surface area contributed by atoms with E-state index in [9.17, 15) is 15.0 Å². The van der Waals surface area contributed by atoms with Crippen molar-refractivity contribution in [1.82, 2.24) is 5.32 Å². The number of benzene rings is 1. The molecule has 2 unspecified atom stereocenters. The molecule has 3 N–H and O–H groups in total. The third-order valence-electron chi connectivity index (χ3n) is 4.12. The Morgan fingerprint density at radius 2 is 2.21 bits per heavy atom. The molecule has 19 heavy (non-hydrogen) atoms. The van der Waals surface area contributed by atoms with Gasteiger partial charge in [-0.3, -0.25) is 4.79 Å². The zero-order chi connectivity index (χ0) is 13.9. The number of carbonyl (C=O) groups is 1. The summed E-state index contributed by atoms with van der Waals surface area (Å²) < 4.78 is 0. The smallest absolute Gasteiger partial charge is 0.224 e. The van der Waals surface area contributed by atoms with E-state index in [0.29, 0.717) is 5.56 Å². The van der Waals surface area contributed by atoms with Gasteiger partial charge in [0.1, 0.15) is 5.75 Å². The molecule has 0 radical (unpaired) electrons. The number of carbonyl (C=O) groups excluding carboxylic acids is 1. The maximum absolute atomic E-state index is 12.0. The monoisotopic (exact) mass is 263 g/mol. The van der Waals surface area contributed by atoms with Gasteiger partial charge in [-0.1, -0.05) is 31.5 Å². The summed E-state index contributed by atoms with van der Waals surface area (Å²) in [7, 11) is 0. The Morgan fingerprint density at radius 3 is 2.89 bits per heavy atom. The van der Waals surface area contributed by atoms with Crippen LogP contribution < -0.4 is 5.32 Å². The highest BCUT2D eigenvalue weighted by Gasteiger charge is 2.38. The highest BCUT2D eigenvalue weighted by atomic mass is 16.3. The third kappa shape index (κ3) is 3.07. The maximum atomic E-state index is 12.0. The van der Waals surface area contributed by atoms with Crippen molar-refractivity contribution < 1.29 is 15.0 Å². The fraction of sp³-hybridized carbons (Fsp3) is 0.533. The van der Waals surface area contributed by atoms with Gasteiger partial charge in [0.15, 0.2) is 0 Å². The van der Waals surface area contributed by atoms with Crippen molar-refractivity contribution in [2.75, 3.05) is 6.61 Å². The van der Waals surface area contributed by atoms with Gasteiger partial charge in [0.25, 0.3) is 0 Å².